The van der Waals surface area contributed by atoms with Crippen molar-refractivity contribution < 1.29 is 16.8 Å². The molecule has 0 radical (unpaired) electrons. The average Bonchev–Trinajstić information content (AvgIpc) is 2.06. The Bertz CT molecular complexity index is 431. The van der Waals surface area contributed by atoms with Crippen molar-refractivity contribution in [3.05, 3.63) is 0 Å². The monoisotopic (exact) mass is 289 g/mol. The molecule has 0 aromatic carbocycles. The van der Waals surface area contributed by atoms with Crippen molar-refractivity contribution in [1.82, 2.24) is 4.90 Å². The molecule has 1 aliphatic heterocycles. The quantitative estimate of drug-likeness (QED) is 0.685. The Labute approximate surface area is 101 Å². The van der Waals surface area contributed by atoms with Crippen molar-refractivity contribution in [3.8, 4) is 0 Å². The van der Waals surface area contributed by atoms with Gasteiger partial charge in [-0.1, -0.05) is 0 Å². The van der Waals surface area contributed by atoms with Gasteiger partial charge in [-0.05, 0) is 19.9 Å². The van der Waals surface area contributed by atoms with Gasteiger partial charge in [0.25, 0.3) is 0 Å². The Morgan fingerprint density at radius 1 is 1.44 bits per heavy atom. The largest absolute Gasteiger partial charge is 0.299 e. The van der Waals surface area contributed by atoms with Crippen molar-refractivity contribution in [2.45, 2.75) is 19.4 Å². The van der Waals surface area contributed by atoms with E-state index >= 15 is 0 Å². The second-order valence-electron chi connectivity index (χ2n) is 4.10. The van der Waals surface area contributed by atoms with E-state index in [1.807, 2.05) is 11.8 Å². The minimum Gasteiger partial charge on any atom is -0.299 e. The van der Waals surface area contributed by atoms with Crippen LogP contribution in [-0.2, 0) is 18.9 Å². The summed E-state index contributed by atoms with van der Waals surface area (Å²) in [5.41, 5.74) is 0. The second kappa shape index (κ2) is 5.20. The average molecular weight is 290 g/mol. The van der Waals surface area contributed by atoms with Crippen LogP contribution in [0.5, 0.6) is 0 Å². The van der Waals surface area contributed by atoms with Gasteiger partial charge in [0.2, 0.25) is 9.05 Å². The molecule has 0 saturated carbocycles. The fraction of sp³-hybridized carbons (Fsp3) is 1.00. The maximum absolute atomic E-state index is 11.3. The minimum atomic E-state index is -3.44. The van der Waals surface area contributed by atoms with Crippen molar-refractivity contribution in [1.29, 1.82) is 0 Å². The van der Waals surface area contributed by atoms with Crippen LogP contribution in [0.1, 0.15) is 13.3 Å². The third-order valence-electron chi connectivity index (χ3n) is 2.64. The van der Waals surface area contributed by atoms with Crippen LogP contribution in [0.3, 0.4) is 0 Å². The SMILES string of the molecule is CC1CS(=O)(=O)CCN1CCCS(=O)(=O)Cl. The first-order valence-corrected chi connectivity index (χ1v) is 9.36. The summed E-state index contributed by atoms with van der Waals surface area (Å²) in [7, 11) is -1.25. The lowest BCUT2D eigenvalue weighted by molar-refractivity contribution is 0.227. The predicted octanol–water partition coefficient (Wildman–Crippen LogP) is 0.0640. The molecule has 5 nitrogen and oxygen atoms in total. The Morgan fingerprint density at radius 2 is 2.06 bits per heavy atom. The molecule has 1 heterocycles. The highest BCUT2D eigenvalue weighted by molar-refractivity contribution is 8.13. The summed E-state index contributed by atoms with van der Waals surface area (Å²) in [5, 5.41) is 0. The number of nitrogens with zero attached hydrogens (tertiary/aromatic N) is 1. The molecular weight excluding hydrogens is 274 g/mol. The zero-order valence-electron chi connectivity index (χ0n) is 9.09. The zero-order valence-corrected chi connectivity index (χ0v) is 11.5. The molecule has 16 heavy (non-hydrogen) atoms. The van der Waals surface area contributed by atoms with E-state index in [0.29, 0.717) is 19.5 Å². The molecule has 1 atom stereocenters. The lowest BCUT2D eigenvalue weighted by Gasteiger charge is -2.32. The highest BCUT2D eigenvalue weighted by Crippen LogP contribution is 2.12. The van der Waals surface area contributed by atoms with Gasteiger partial charge in [-0.25, -0.2) is 16.8 Å². The Hall–Kier alpha value is 0.150. The van der Waals surface area contributed by atoms with E-state index in [1.54, 1.807) is 0 Å². The number of hydrogen-bond donors (Lipinski definition) is 0. The molecular formula is C8H16ClNO4S2. The second-order valence-corrected chi connectivity index (χ2v) is 9.22. The summed E-state index contributed by atoms with van der Waals surface area (Å²) >= 11 is 0. The Kier molecular flexibility index (Phi) is 4.62. The summed E-state index contributed by atoms with van der Waals surface area (Å²) < 4.78 is 44.0. The maximum atomic E-state index is 11.3. The number of halogens is 1. The molecule has 8 heteroatoms. The lowest BCUT2D eigenvalue weighted by Crippen LogP contribution is -2.47. The van der Waals surface area contributed by atoms with Crippen molar-refractivity contribution >= 4 is 29.6 Å². The van der Waals surface area contributed by atoms with E-state index in [4.69, 9.17) is 10.7 Å². The standard InChI is InChI=1S/C8H16ClNO4S2/c1-8-7-15(11,12)6-4-10(8)3-2-5-16(9,13)14/h8H,2-7H2,1H3. The molecule has 0 spiro atoms. The van der Waals surface area contributed by atoms with Crippen LogP contribution in [0.2, 0.25) is 0 Å². The summed E-state index contributed by atoms with van der Waals surface area (Å²) in [5.74, 6) is 0.246. The highest BCUT2D eigenvalue weighted by atomic mass is 35.7. The third-order valence-corrected chi connectivity index (χ3v) is 5.68. The van der Waals surface area contributed by atoms with Gasteiger partial charge >= 0.3 is 0 Å². The molecule has 1 aliphatic rings. The fourth-order valence-corrected chi connectivity index (χ4v) is 4.23. The number of rotatable bonds is 4. The van der Waals surface area contributed by atoms with Gasteiger partial charge in [-0.3, -0.25) is 4.90 Å². The van der Waals surface area contributed by atoms with E-state index < -0.39 is 18.9 Å². The van der Waals surface area contributed by atoms with Crippen molar-refractivity contribution in [2.24, 2.45) is 0 Å². The van der Waals surface area contributed by atoms with Crippen LogP contribution in [0.4, 0.5) is 0 Å². The molecule has 0 amide bonds. The van der Waals surface area contributed by atoms with Crippen LogP contribution >= 0.6 is 10.7 Å². The van der Waals surface area contributed by atoms with E-state index in [2.05, 4.69) is 0 Å². The van der Waals surface area contributed by atoms with Gasteiger partial charge in [-0.2, -0.15) is 0 Å². The van der Waals surface area contributed by atoms with Crippen LogP contribution < -0.4 is 0 Å². The zero-order chi connectivity index (χ0) is 12.4. The van der Waals surface area contributed by atoms with Gasteiger partial charge < -0.3 is 0 Å². The molecule has 1 saturated heterocycles. The third kappa shape index (κ3) is 4.99. The van der Waals surface area contributed by atoms with Gasteiger partial charge in [0, 0.05) is 23.3 Å². The smallest absolute Gasteiger partial charge is 0.232 e. The molecule has 0 bridgehead atoms. The normalized spacial score (nSPS) is 26.8. The van der Waals surface area contributed by atoms with Crippen LogP contribution in [0.25, 0.3) is 0 Å². The first kappa shape index (κ1) is 14.2. The molecule has 96 valence electrons. The van der Waals surface area contributed by atoms with Gasteiger partial charge in [-0.15, -0.1) is 0 Å². The summed E-state index contributed by atoms with van der Waals surface area (Å²) in [6.07, 6.45) is 0.441. The fourth-order valence-electron chi connectivity index (χ4n) is 1.81. The molecule has 1 unspecified atom stereocenters. The van der Waals surface area contributed by atoms with E-state index in [1.165, 1.54) is 0 Å². The predicted molar refractivity (Wildman–Crippen MR) is 63.9 cm³/mol. The van der Waals surface area contributed by atoms with Crippen molar-refractivity contribution in [2.75, 3.05) is 30.3 Å². The maximum Gasteiger partial charge on any atom is 0.232 e. The molecule has 0 N–H and O–H groups in total. The van der Waals surface area contributed by atoms with E-state index in [0.717, 1.165) is 0 Å². The summed E-state index contributed by atoms with van der Waals surface area (Å²) in [6, 6.07) is -0.0446. The van der Waals surface area contributed by atoms with Crippen LogP contribution in [0.15, 0.2) is 0 Å². The van der Waals surface area contributed by atoms with Crippen LogP contribution in [0, 0.1) is 0 Å². The topological polar surface area (TPSA) is 71.5 Å². The number of hydrogen-bond acceptors (Lipinski definition) is 5. The van der Waals surface area contributed by atoms with Gasteiger partial charge in [0.15, 0.2) is 9.84 Å². The highest BCUT2D eigenvalue weighted by Gasteiger charge is 2.27. The first-order valence-electron chi connectivity index (χ1n) is 5.06. The molecule has 0 aromatic rings. The minimum absolute atomic E-state index is 0.0446. The molecule has 1 rings (SSSR count). The first-order chi connectivity index (χ1) is 7.20. The van der Waals surface area contributed by atoms with E-state index in [-0.39, 0.29) is 23.3 Å². The lowest BCUT2D eigenvalue weighted by atomic mass is 10.3. The van der Waals surface area contributed by atoms with Gasteiger partial charge in [0.1, 0.15) is 0 Å². The van der Waals surface area contributed by atoms with E-state index in [9.17, 15) is 16.8 Å². The molecule has 0 aliphatic carbocycles. The van der Waals surface area contributed by atoms with Crippen molar-refractivity contribution in [3.63, 3.8) is 0 Å². The number of sulfone groups is 1. The Balaban J connectivity index is 2.40. The Morgan fingerprint density at radius 3 is 2.56 bits per heavy atom. The van der Waals surface area contributed by atoms with Gasteiger partial charge in [0.05, 0.1) is 17.3 Å². The van der Waals surface area contributed by atoms with Crippen LogP contribution in [-0.4, -0.2) is 58.1 Å². The summed E-state index contributed by atoms with van der Waals surface area (Å²) in [6.45, 7) is 2.89. The molecule has 1 fully saturated rings. The summed E-state index contributed by atoms with van der Waals surface area (Å²) in [4.78, 5) is 1.99. The molecule has 0 aromatic heterocycles.